The summed E-state index contributed by atoms with van der Waals surface area (Å²) in [6.07, 6.45) is 0.782. The van der Waals surface area contributed by atoms with Crippen LogP contribution in [0.25, 0.3) is 0 Å². The number of rotatable bonds is 5. The Morgan fingerprint density at radius 1 is 1.18 bits per heavy atom. The quantitative estimate of drug-likeness (QED) is 0.777. The number of hydrogen-bond donors (Lipinski definition) is 2. The van der Waals surface area contributed by atoms with Gasteiger partial charge in [0, 0.05) is 12.1 Å². The van der Waals surface area contributed by atoms with E-state index in [2.05, 4.69) is 5.32 Å². The molecule has 0 fully saturated rings. The van der Waals surface area contributed by atoms with Crippen LogP contribution in [-0.2, 0) is 4.79 Å². The van der Waals surface area contributed by atoms with Crippen molar-refractivity contribution in [1.82, 2.24) is 10.2 Å². The number of carboxylic acid groups (broad SMARTS) is 1. The lowest BCUT2D eigenvalue weighted by atomic mass is 10.0. The lowest BCUT2D eigenvalue weighted by molar-refractivity contribution is -0.147. The SMILES string of the molecule is CCN(C(=O)NC(C)(C)CC)C(C)(C)C(=O)O. The summed E-state index contributed by atoms with van der Waals surface area (Å²) in [5, 5.41) is 12.0. The topological polar surface area (TPSA) is 69.6 Å². The molecule has 0 aliphatic carbocycles. The number of nitrogens with zero attached hydrogens (tertiary/aromatic N) is 1. The first kappa shape index (κ1) is 15.7. The lowest BCUT2D eigenvalue weighted by Crippen LogP contribution is -2.59. The highest BCUT2D eigenvalue weighted by Gasteiger charge is 2.38. The van der Waals surface area contributed by atoms with Gasteiger partial charge in [0.25, 0.3) is 0 Å². The Morgan fingerprint density at radius 2 is 1.65 bits per heavy atom. The second kappa shape index (κ2) is 5.38. The average Bonchev–Trinajstić information content (AvgIpc) is 2.17. The minimum Gasteiger partial charge on any atom is -0.480 e. The standard InChI is InChI=1S/C12H24N2O3/c1-7-11(3,4)13-10(17)14(8-2)12(5,6)9(15)16/h7-8H2,1-6H3,(H,13,17)(H,15,16). The summed E-state index contributed by atoms with van der Waals surface area (Å²) < 4.78 is 0. The molecule has 5 nitrogen and oxygen atoms in total. The third-order valence-corrected chi connectivity index (χ3v) is 3.09. The van der Waals surface area contributed by atoms with Crippen molar-refractivity contribution < 1.29 is 14.7 Å². The number of carbonyl (C=O) groups excluding carboxylic acids is 1. The Kier molecular flexibility index (Phi) is 4.98. The van der Waals surface area contributed by atoms with Gasteiger partial charge in [-0.3, -0.25) is 0 Å². The van der Waals surface area contributed by atoms with E-state index in [-0.39, 0.29) is 11.6 Å². The zero-order chi connectivity index (χ0) is 13.9. The van der Waals surface area contributed by atoms with E-state index in [1.807, 2.05) is 20.8 Å². The number of amides is 2. The number of hydrogen-bond acceptors (Lipinski definition) is 2. The summed E-state index contributed by atoms with van der Waals surface area (Å²) in [4.78, 5) is 24.5. The number of carbonyl (C=O) groups is 2. The van der Waals surface area contributed by atoms with Gasteiger partial charge in [-0.15, -0.1) is 0 Å². The van der Waals surface area contributed by atoms with Crippen LogP contribution >= 0.6 is 0 Å². The fraction of sp³-hybridized carbons (Fsp3) is 0.833. The highest BCUT2D eigenvalue weighted by molar-refractivity contribution is 5.85. The second-order valence-corrected chi connectivity index (χ2v) is 5.28. The molecule has 100 valence electrons. The maximum atomic E-state index is 12.1. The molecule has 0 aliphatic rings. The Hall–Kier alpha value is -1.26. The van der Waals surface area contributed by atoms with Crippen LogP contribution < -0.4 is 5.32 Å². The van der Waals surface area contributed by atoms with E-state index in [9.17, 15) is 9.59 Å². The van der Waals surface area contributed by atoms with Crippen molar-refractivity contribution in [3.63, 3.8) is 0 Å². The van der Waals surface area contributed by atoms with Gasteiger partial charge in [-0.2, -0.15) is 0 Å². The fourth-order valence-corrected chi connectivity index (χ4v) is 1.35. The molecule has 0 heterocycles. The van der Waals surface area contributed by atoms with E-state index in [4.69, 9.17) is 5.11 Å². The molecule has 0 bridgehead atoms. The fourth-order valence-electron chi connectivity index (χ4n) is 1.35. The average molecular weight is 244 g/mol. The molecule has 0 unspecified atom stereocenters. The lowest BCUT2D eigenvalue weighted by Gasteiger charge is -2.37. The maximum Gasteiger partial charge on any atom is 0.329 e. The van der Waals surface area contributed by atoms with Crippen LogP contribution in [0.5, 0.6) is 0 Å². The van der Waals surface area contributed by atoms with Crippen LogP contribution in [0.3, 0.4) is 0 Å². The molecule has 0 saturated heterocycles. The van der Waals surface area contributed by atoms with Crippen molar-refractivity contribution in [2.75, 3.05) is 6.54 Å². The molecular weight excluding hydrogens is 220 g/mol. The number of carboxylic acids is 1. The minimum absolute atomic E-state index is 0.334. The van der Waals surface area contributed by atoms with Gasteiger partial charge in [0.2, 0.25) is 0 Å². The Bertz CT molecular complexity index is 298. The van der Waals surface area contributed by atoms with Crippen molar-refractivity contribution in [2.24, 2.45) is 0 Å². The van der Waals surface area contributed by atoms with Crippen molar-refractivity contribution in [3.05, 3.63) is 0 Å². The summed E-state index contributed by atoms with van der Waals surface area (Å²) in [5.41, 5.74) is -1.54. The molecular formula is C12H24N2O3. The van der Waals surface area contributed by atoms with Crippen molar-refractivity contribution in [3.8, 4) is 0 Å². The highest BCUT2D eigenvalue weighted by Crippen LogP contribution is 2.16. The normalized spacial score (nSPS) is 12.1. The minimum atomic E-state index is -1.21. The largest absolute Gasteiger partial charge is 0.480 e. The predicted molar refractivity (Wildman–Crippen MR) is 67.0 cm³/mol. The number of nitrogens with one attached hydrogen (secondary N) is 1. The van der Waals surface area contributed by atoms with Gasteiger partial charge in [-0.1, -0.05) is 6.92 Å². The molecule has 17 heavy (non-hydrogen) atoms. The Labute approximate surface area is 103 Å². The molecule has 0 spiro atoms. The number of urea groups is 1. The van der Waals surface area contributed by atoms with Gasteiger partial charge in [0.15, 0.2) is 0 Å². The summed E-state index contributed by atoms with van der Waals surface area (Å²) in [6, 6.07) is -0.341. The van der Waals surface area contributed by atoms with E-state index in [1.165, 1.54) is 18.7 Å². The second-order valence-electron chi connectivity index (χ2n) is 5.28. The molecule has 0 radical (unpaired) electrons. The van der Waals surface area contributed by atoms with Gasteiger partial charge in [0.05, 0.1) is 0 Å². The molecule has 0 atom stereocenters. The van der Waals surface area contributed by atoms with Gasteiger partial charge in [-0.05, 0) is 41.0 Å². The third kappa shape index (κ3) is 3.91. The molecule has 0 aromatic carbocycles. The summed E-state index contributed by atoms with van der Waals surface area (Å²) in [6.45, 7) is 11.0. The first-order chi connectivity index (χ1) is 7.58. The molecule has 0 aromatic heterocycles. The first-order valence-electron chi connectivity index (χ1n) is 5.91. The Balaban J connectivity index is 4.92. The van der Waals surface area contributed by atoms with Gasteiger partial charge < -0.3 is 15.3 Å². The van der Waals surface area contributed by atoms with Crippen molar-refractivity contribution in [2.45, 2.75) is 59.0 Å². The van der Waals surface area contributed by atoms with Crippen molar-refractivity contribution in [1.29, 1.82) is 0 Å². The van der Waals surface area contributed by atoms with Gasteiger partial charge in [0.1, 0.15) is 5.54 Å². The van der Waals surface area contributed by atoms with Crippen LogP contribution in [0.4, 0.5) is 4.79 Å². The number of aliphatic carboxylic acids is 1. The molecule has 0 saturated carbocycles. The summed E-state index contributed by atoms with van der Waals surface area (Å²) in [5.74, 6) is -1.01. The summed E-state index contributed by atoms with van der Waals surface area (Å²) in [7, 11) is 0. The van der Waals surface area contributed by atoms with E-state index >= 15 is 0 Å². The molecule has 0 aromatic rings. The molecule has 0 aliphatic heterocycles. The monoisotopic (exact) mass is 244 g/mol. The number of likely N-dealkylation sites (N-methyl/N-ethyl adjacent to an activating group) is 1. The molecule has 0 rings (SSSR count). The van der Waals surface area contributed by atoms with Crippen LogP contribution in [0.1, 0.15) is 48.0 Å². The van der Waals surface area contributed by atoms with E-state index in [0.717, 1.165) is 6.42 Å². The highest BCUT2D eigenvalue weighted by atomic mass is 16.4. The van der Waals surface area contributed by atoms with Crippen LogP contribution in [0.15, 0.2) is 0 Å². The Morgan fingerprint density at radius 3 is 1.94 bits per heavy atom. The smallest absolute Gasteiger partial charge is 0.329 e. The maximum absolute atomic E-state index is 12.1. The zero-order valence-corrected chi connectivity index (χ0v) is 11.6. The third-order valence-electron chi connectivity index (χ3n) is 3.09. The van der Waals surface area contributed by atoms with Gasteiger partial charge >= 0.3 is 12.0 Å². The van der Waals surface area contributed by atoms with E-state index in [1.54, 1.807) is 6.92 Å². The predicted octanol–water partition coefficient (Wildman–Crippen LogP) is 2.07. The van der Waals surface area contributed by atoms with Crippen LogP contribution in [0.2, 0.25) is 0 Å². The first-order valence-corrected chi connectivity index (χ1v) is 5.91. The molecule has 5 heteroatoms. The van der Waals surface area contributed by atoms with Gasteiger partial charge in [-0.25, -0.2) is 9.59 Å². The zero-order valence-electron chi connectivity index (χ0n) is 11.6. The van der Waals surface area contributed by atoms with E-state index < -0.39 is 11.5 Å². The van der Waals surface area contributed by atoms with E-state index in [0.29, 0.717) is 6.54 Å². The van der Waals surface area contributed by atoms with Crippen LogP contribution in [-0.4, -0.2) is 39.6 Å². The molecule has 2 amide bonds. The van der Waals surface area contributed by atoms with Crippen molar-refractivity contribution >= 4 is 12.0 Å². The molecule has 2 N–H and O–H groups in total. The van der Waals surface area contributed by atoms with Crippen LogP contribution in [0, 0.1) is 0 Å². The summed E-state index contributed by atoms with van der Waals surface area (Å²) >= 11 is 0.